The topological polar surface area (TPSA) is 17.1 Å². The van der Waals surface area contributed by atoms with E-state index in [0.717, 1.165) is 34.6 Å². The molecule has 1 aliphatic rings. The van der Waals surface area contributed by atoms with Crippen LogP contribution in [0.15, 0.2) is 42.5 Å². The highest BCUT2D eigenvalue weighted by molar-refractivity contribution is 6.30. The number of fused-ring (bicyclic) bond motifs is 1. The van der Waals surface area contributed by atoms with Crippen LogP contribution in [-0.4, -0.2) is 5.78 Å². The molecule has 0 N–H and O–H groups in total. The second kappa shape index (κ2) is 4.58. The number of ketones is 1. The SMILES string of the molecule is O=C1CCCc2ccc(-c3ccc(Cl)cc3)cc21. The molecule has 0 atom stereocenters. The van der Waals surface area contributed by atoms with Crippen LogP contribution in [0.3, 0.4) is 0 Å². The lowest BCUT2D eigenvalue weighted by molar-refractivity contribution is 0.0972. The number of Topliss-reactive ketones (excluding diaryl/α,β-unsaturated/α-hetero) is 1. The number of carbonyl (C=O) groups is 1. The number of hydrogen-bond acceptors (Lipinski definition) is 1. The van der Waals surface area contributed by atoms with Gasteiger partial charge in [-0.25, -0.2) is 0 Å². The van der Waals surface area contributed by atoms with Crippen molar-refractivity contribution >= 4 is 17.4 Å². The predicted molar refractivity (Wildman–Crippen MR) is 74.2 cm³/mol. The lowest BCUT2D eigenvalue weighted by Gasteiger charge is -2.15. The molecule has 0 fully saturated rings. The summed E-state index contributed by atoms with van der Waals surface area (Å²) in [7, 11) is 0. The van der Waals surface area contributed by atoms with Crippen LogP contribution in [0.4, 0.5) is 0 Å². The van der Waals surface area contributed by atoms with Gasteiger partial charge in [0, 0.05) is 17.0 Å². The van der Waals surface area contributed by atoms with Crippen molar-refractivity contribution < 1.29 is 4.79 Å². The van der Waals surface area contributed by atoms with E-state index in [1.165, 1.54) is 5.56 Å². The maximum atomic E-state index is 11.9. The van der Waals surface area contributed by atoms with E-state index in [-0.39, 0.29) is 5.78 Å². The molecule has 0 spiro atoms. The summed E-state index contributed by atoms with van der Waals surface area (Å²) in [6.07, 6.45) is 2.67. The fourth-order valence-electron chi connectivity index (χ4n) is 2.45. The monoisotopic (exact) mass is 256 g/mol. The Morgan fingerprint density at radius 2 is 1.61 bits per heavy atom. The maximum Gasteiger partial charge on any atom is 0.163 e. The van der Waals surface area contributed by atoms with Crippen LogP contribution in [0.25, 0.3) is 11.1 Å². The summed E-state index contributed by atoms with van der Waals surface area (Å²) in [5.41, 5.74) is 4.26. The molecule has 0 radical (unpaired) electrons. The molecule has 0 aliphatic heterocycles. The van der Waals surface area contributed by atoms with Gasteiger partial charge in [0.2, 0.25) is 0 Å². The Labute approximate surface area is 111 Å². The Morgan fingerprint density at radius 1 is 0.889 bits per heavy atom. The van der Waals surface area contributed by atoms with Crippen LogP contribution >= 0.6 is 11.6 Å². The second-order valence-corrected chi connectivity index (χ2v) is 5.09. The van der Waals surface area contributed by atoms with Gasteiger partial charge in [-0.1, -0.05) is 35.9 Å². The van der Waals surface area contributed by atoms with Crippen molar-refractivity contribution in [1.82, 2.24) is 0 Å². The van der Waals surface area contributed by atoms with Gasteiger partial charge in [-0.05, 0) is 47.7 Å². The predicted octanol–water partition coefficient (Wildman–Crippen LogP) is 4.53. The molecule has 0 amide bonds. The lowest BCUT2D eigenvalue weighted by Crippen LogP contribution is -2.10. The Morgan fingerprint density at radius 3 is 2.39 bits per heavy atom. The van der Waals surface area contributed by atoms with Gasteiger partial charge in [-0.2, -0.15) is 0 Å². The van der Waals surface area contributed by atoms with Crippen LogP contribution in [0.2, 0.25) is 5.02 Å². The molecule has 1 nitrogen and oxygen atoms in total. The molecular formula is C16H13ClO. The number of carbonyl (C=O) groups excluding carboxylic acids is 1. The van der Waals surface area contributed by atoms with Crippen molar-refractivity contribution in [3.05, 3.63) is 58.6 Å². The molecular weight excluding hydrogens is 244 g/mol. The molecule has 90 valence electrons. The fourth-order valence-corrected chi connectivity index (χ4v) is 2.58. The summed E-state index contributed by atoms with van der Waals surface area (Å²) in [6, 6.07) is 13.9. The Balaban J connectivity index is 2.06. The first-order valence-corrected chi connectivity index (χ1v) is 6.54. The number of aryl methyl sites for hydroxylation is 1. The third kappa shape index (κ3) is 2.06. The second-order valence-electron chi connectivity index (χ2n) is 4.66. The zero-order valence-corrected chi connectivity index (χ0v) is 10.7. The molecule has 0 bridgehead atoms. The Hall–Kier alpha value is -1.60. The van der Waals surface area contributed by atoms with E-state index in [2.05, 4.69) is 12.1 Å². The van der Waals surface area contributed by atoms with Crippen LogP contribution in [0, 0.1) is 0 Å². The molecule has 2 aromatic rings. The first-order chi connectivity index (χ1) is 8.74. The smallest absolute Gasteiger partial charge is 0.163 e. The first-order valence-electron chi connectivity index (χ1n) is 6.16. The first kappa shape index (κ1) is 11.5. The van der Waals surface area contributed by atoms with Gasteiger partial charge < -0.3 is 0 Å². The van der Waals surface area contributed by atoms with E-state index < -0.39 is 0 Å². The zero-order chi connectivity index (χ0) is 12.5. The lowest BCUT2D eigenvalue weighted by atomic mass is 9.88. The molecule has 3 rings (SSSR count). The Bertz CT molecular complexity index is 599. The third-order valence-corrected chi connectivity index (χ3v) is 3.69. The molecule has 0 saturated heterocycles. The van der Waals surface area contributed by atoms with Crippen molar-refractivity contribution in [3.8, 4) is 11.1 Å². The van der Waals surface area contributed by atoms with E-state index in [4.69, 9.17) is 11.6 Å². The molecule has 1 aliphatic carbocycles. The minimum Gasteiger partial charge on any atom is -0.294 e. The molecule has 0 aromatic heterocycles. The minimum atomic E-state index is 0.270. The van der Waals surface area contributed by atoms with Crippen molar-refractivity contribution in [2.24, 2.45) is 0 Å². The standard InChI is InChI=1S/C16H13ClO/c17-14-8-6-11(7-9-14)13-5-4-12-2-1-3-16(18)15(12)10-13/h4-10H,1-3H2. The van der Waals surface area contributed by atoms with E-state index >= 15 is 0 Å². The summed E-state index contributed by atoms with van der Waals surface area (Å²) < 4.78 is 0. The minimum absolute atomic E-state index is 0.270. The average Bonchev–Trinajstić information content (AvgIpc) is 2.40. The number of rotatable bonds is 1. The maximum absolute atomic E-state index is 11.9. The summed E-state index contributed by atoms with van der Waals surface area (Å²) in [5, 5.41) is 0.729. The molecule has 0 unspecified atom stereocenters. The summed E-state index contributed by atoms with van der Waals surface area (Å²) in [5.74, 6) is 0.270. The van der Waals surface area contributed by atoms with Crippen LogP contribution in [0.1, 0.15) is 28.8 Å². The average molecular weight is 257 g/mol. The highest BCUT2D eigenvalue weighted by atomic mass is 35.5. The van der Waals surface area contributed by atoms with Gasteiger partial charge in [0.25, 0.3) is 0 Å². The van der Waals surface area contributed by atoms with Crippen molar-refractivity contribution in [1.29, 1.82) is 0 Å². The molecule has 0 heterocycles. The molecule has 18 heavy (non-hydrogen) atoms. The normalized spacial score (nSPS) is 14.4. The van der Waals surface area contributed by atoms with Crippen molar-refractivity contribution in [2.45, 2.75) is 19.3 Å². The van der Waals surface area contributed by atoms with Crippen LogP contribution < -0.4 is 0 Å². The third-order valence-electron chi connectivity index (χ3n) is 3.44. The van der Waals surface area contributed by atoms with E-state index in [9.17, 15) is 4.79 Å². The summed E-state index contributed by atoms with van der Waals surface area (Å²) in [6.45, 7) is 0. The largest absolute Gasteiger partial charge is 0.294 e. The number of hydrogen-bond donors (Lipinski definition) is 0. The van der Waals surface area contributed by atoms with Gasteiger partial charge >= 0.3 is 0 Å². The Kier molecular flexibility index (Phi) is 2.92. The van der Waals surface area contributed by atoms with Gasteiger partial charge in [0.05, 0.1) is 0 Å². The molecule has 0 saturated carbocycles. The fraction of sp³-hybridized carbons (Fsp3) is 0.188. The van der Waals surface area contributed by atoms with Gasteiger partial charge in [-0.15, -0.1) is 0 Å². The van der Waals surface area contributed by atoms with Crippen molar-refractivity contribution in [3.63, 3.8) is 0 Å². The van der Waals surface area contributed by atoms with E-state index in [0.29, 0.717) is 6.42 Å². The van der Waals surface area contributed by atoms with Gasteiger partial charge in [-0.3, -0.25) is 4.79 Å². The van der Waals surface area contributed by atoms with Crippen LogP contribution in [0.5, 0.6) is 0 Å². The number of benzene rings is 2. The van der Waals surface area contributed by atoms with E-state index in [1.54, 1.807) is 0 Å². The van der Waals surface area contributed by atoms with Gasteiger partial charge in [0.15, 0.2) is 5.78 Å². The highest BCUT2D eigenvalue weighted by Crippen LogP contribution is 2.28. The summed E-state index contributed by atoms with van der Waals surface area (Å²) >= 11 is 5.88. The van der Waals surface area contributed by atoms with Crippen molar-refractivity contribution in [2.75, 3.05) is 0 Å². The zero-order valence-electron chi connectivity index (χ0n) is 9.95. The van der Waals surface area contributed by atoms with Crippen LogP contribution in [-0.2, 0) is 6.42 Å². The molecule has 2 aromatic carbocycles. The number of halogens is 1. The molecule has 2 heteroatoms. The van der Waals surface area contributed by atoms with E-state index in [1.807, 2.05) is 30.3 Å². The van der Waals surface area contributed by atoms with Gasteiger partial charge in [0.1, 0.15) is 0 Å². The highest BCUT2D eigenvalue weighted by Gasteiger charge is 2.17. The quantitative estimate of drug-likeness (QED) is 0.733. The summed E-state index contributed by atoms with van der Waals surface area (Å²) in [4.78, 5) is 11.9.